The number of nitrogens with one attached hydrogen (secondary N) is 1. The lowest BCUT2D eigenvalue weighted by atomic mass is 10.1. The highest BCUT2D eigenvalue weighted by Gasteiger charge is 2.24. The highest BCUT2D eigenvalue weighted by molar-refractivity contribution is 9.10. The molecule has 1 aromatic carbocycles. The fraction of sp³-hybridized carbons (Fsp3) is 0.304. The van der Waals surface area contributed by atoms with E-state index in [0.29, 0.717) is 35.1 Å². The second-order valence-electron chi connectivity index (χ2n) is 7.99. The van der Waals surface area contributed by atoms with Gasteiger partial charge in [-0.25, -0.2) is 0 Å². The van der Waals surface area contributed by atoms with Crippen molar-refractivity contribution in [2.45, 2.75) is 47.7 Å². The highest BCUT2D eigenvalue weighted by atomic mass is 79.9. The molecule has 4 rings (SSSR count). The van der Waals surface area contributed by atoms with Crippen LogP contribution in [0.2, 0.25) is 5.02 Å². The van der Waals surface area contributed by atoms with Gasteiger partial charge in [-0.3, -0.25) is 14.2 Å². The van der Waals surface area contributed by atoms with Crippen LogP contribution in [0.25, 0.3) is 0 Å². The maximum absolute atomic E-state index is 13.2. The molecule has 1 amide bonds. The molecule has 3 heterocycles. The summed E-state index contributed by atoms with van der Waals surface area (Å²) < 4.78 is 10.00. The summed E-state index contributed by atoms with van der Waals surface area (Å²) in [7, 11) is 0. The molecule has 172 valence electrons. The van der Waals surface area contributed by atoms with Crippen LogP contribution < -0.4 is 5.32 Å². The summed E-state index contributed by atoms with van der Waals surface area (Å²) in [5.74, 6) is 0.201. The molecule has 0 radical (unpaired) electrons. The van der Waals surface area contributed by atoms with E-state index in [0.717, 1.165) is 32.8 Å². The van der Waals surface area contributed by atoms with E-state index in [1.165, 1.54) is 0 Å². The minimum absolute atomic E-state index is 0.218. The average Bonchev–Trinajstić information content (AvgIpc) is 3.35. The van der Waals surface area contributed by atoms with Crippen molar-refractivity contribution in [1.82, 2.24) is 24.7 Å². The first kappa shape index (κ1) is 23.3. The van der Waals surface area contributed by atoms with Crippen LogP contribution >= 0.6 is 27.5 Å². The van der Waals surface area contributed by atoms with Crippen LogP contribution in [0.5, 0.6) is 0 Å². The first-order valence-corrected chi connectivity index (χ1v) is 11.6. The summed E-state index contributed by atoms with van der Waals surface area (Å²) in [6.45, 7) is 10.2. The molecule has 0 aliphatic rings. The minimum Gasteiger partial charge on any atom is -0.361 e. The number of nitrogens with zero attached hydrogens (tertiary/aromatic N) is 5. The molecule has 0 bridgehead atoms. The SMILES string of the molecule is Cc1nn(Cc2c(C(=O)Nc3c(C)nn(Cc4ccc(Br)cc4)c3C)noc2C)c(C)c1Cl. The Morgan fingerprint density at radius 2 is 1.64 bits per heavy atom. The molecule has 0 spiro atoms. The van der Waals surface area contributed by atoms with Crippen molar-refractivity contribution in [3.63, 3.8) is 0 Å². The number of carbonyl (C=O) groups excluding carboxylic acids is 1. The lowest BCUT2D eigenvalue weighted by molar-refractivity contribution is 0.101. The summed E-state index contributed by atoms with van der Waals surface area (Å²) in [6, 6.07) is 8.06. The van der Waals surface area contributed by atoms with Crippen LogP contribution in [0.15, 0.2) is 33.3 Å². The van der Waals surface area contributed by atoms with Gasteiger partial charge in [0.1, 0.15) is 5.76 Å². The van der Waals surface area contributed by atoms with Crippen LogP contribution in [0.1, 0.15) is 50.2 Å². The van der Waals surface area contributed by atoms with Gasteiger partial charge in [-0.2, -0.15) is 10.2 Å². The lowest BCUT2D eigenvalue weighted by Gasteiger charge is -2.08. The van der Waals surface area contributed by atoms with Crippen molar-refractivity contribution < 1.29 is 9.32 Å². The molecule has 0 saturated heterocycles. The molecule has 0 fully saturated rings. The van der Waals surface area contributed by atoms with E-state index in [4.69, 9.17) is 16.1 Å². The van der Waals surface area contributed by atoms with Crippen molar-refractivity contribution >= 4 is 39.1 Å². The molecule has 10 heteroatoms. The van der Waals surface area contributed by atoms with Crippen molar-refractivity contribution in [1.29, 1.82) is 0 Å². The van der Waals surface area contributed by atoms with Gasteiger partial charge in [0.2, 0.25) is 0 Å². The van der Waals surface area contributed by atoms with Crippen LogP contribution in [-0.4, -0.2) is 30.6 Å². The second kappa shape index (κ2) is 9.15. The molecule has 0 saturated carbocycles. The zero-order chi connectivity index (χ0) is 23.9. The van der Waals surface area contributed by atoms with Crippen LogP contribution in [0.4, 0.5) is 5.69 Å². The topological polar surface area (TPSA) is 90.8 Å². The van der Waals surface area contributed by atoms with E-state index in [-0.39, 0.29) is 11.6 Å². The number of benzene rings is 1. The van der Waals surface area contributed by atoms with Crippen LogP contribution in [0.3, 0.4) is 0 Å². The Morgan fingerprint density at radius 3 is 2.27 bits per heavy atom. The Bertz CT molecular complexity index is 1340. The number of hydrogen-bond donors (Lipinski definition) is 1. The molecule has 3 aromatic heterocycles. The number of anilines is 1. The Morgan fingerprint density at radius 1 is 1.00 bits per heavy atom. The smallest absolute Gasteiger partial charge is 0.278 e. The monoisotopic (exact) mass is 530 g/mol. The third kappa shape index (κ3) is 4.60. The second-order valence-corrected chi connectivity index (χ2v) is 9.29. The predicted octanol–water partition coefficient (Wildman–Crippen LogP) is 5.37. The average molecular weight is 532 g/mol. The van der Waals surface area contributed by atoms with Crippen LogP contribution in [-0.2, 0) is 13.1 Å². The van der Waals surface area contributed by atoms with Crippen molar-refractivity contribution in [3.8, 4) is 0 Å². The fourth-order valence-corrected chi connectivity index (χ4v) is 4.10. The van der Waals surface area contributed by atoms with Gasteiger partial charge < -0.3 is 9.84 Å². The van der Waals surface area contributed by atoms with Gasteiger partial charge >= 0.3 is 0 Å². The quantitative estimate of drug-likeness (QED) is 0.361. The zero-order valence-electron chi connectivity index (χ0n) is 19.0. The van der Waals surface area contributed by atoms with Crippen LogP contribution in [0, 0.1) is 34.6 Å². The number of halogens is 2. The van der Waals surface area contributed by atoms with Crippen molar-refractivity contribution in [3.05, 3.63) is 79.1 Å². The molecule has 8 nitrogen and oxygen atoms in total. The summed E-state index contributed by atoms with van der Waals surface area (Å²) in [5, 5.41) is 16.7. The van der Waals surface area contributed by atoms with E-state index < -0.39 is 0 Å². The molecular weight excluding hydrogens is 508 g/mol. The van der Waals surface area contributed by atoms with Crippen molar-refractivity contribution in [2.75, 3.05) is 5.32 Å². The minimum atomic E-state index is -0.358. The Hall–Kier alpha value is -2.91. The van der Waals surface area contributed by atoms with Gasteiger partial charge in [0.15, 0.2) is 5.69 Å². The van der Waals surface area contributed by atoms with E-state index in [1.807, 2.05) is 56.6 Å². The Kier molecular flexibility index (Phi) is 6.45. The maximum atomic E-state index is 13.2. The van der Waals surface area contributed by atoms with Gasteiger partial charge in [-0.1, -0.05) is 44.8 Å². The van der Waals surface area contributed by atoms with E-state index in [2.05, 4.69) is 36.6 Å². The highest BCUT2D eigenvalue weighted by Crippen LogP contribution is 2.25. The van der Waals surface area contributed by atoms with E-state index in [1.54, 1.807) is 11.6 Å². The summed E-state index contributed by atoms with van der Waals surface area (Å²) in [5.41, 5.74) is 5.79. The number of rotatable bonds is 6. The number of hydrogen-bond acceptors (Lipinski definition) is 5. The normalized spacial score (nSPS) is 11.2. The molecular formula is C23H24BrClN6O2. The number of carbonyl (C=O) groups is 1. The number of amides is 1. The molecule has 33 heavy (non-hydrogen) atoms. The molecule has 0 unspecified atom stereocenters. The van der Waals surface area contributed by atoms with Gasteiger partial charge in [-0.05, 0) is 52.3 Å². The first-order chi connectivity index (χ1) is 15.7. The van der Waals surface area contributed by atoms with E-state index in [9.17, 15) is 4.79 Å². The maximum Gasteiger partial charge on any atom is 0.278 e. The molecule has 1 N–H and O–H groups in total. The van der Waals surface area contributed by atoms with Gasteiger partial charge in [0.05, 0.1) is 46.6 Å². The Labute approximate surface area is 205 Å². The predicted molar refractivity (Wildman–Crippen MR) is 130 cm³/mol. The largest absolute Gasteiger partial charge is 0.361 e. The summed E-state index contributed by atoms with van der Waals surface area (Å²) in [4.78, 5) is 13.2. The first-order valence-electron chi connectivity index (χ1n) is 10.4. The number of aryl methyl sites for hydroxylation is 3. The van der Waals surface area contributed by atoms with Gasteiger partial charge in [-0.15, -0.1) is 0 Å². The fourth-order valence-electron chi connectivity index (χ4n) is 3.70. The standard InChI is InChI=1S/C23H24BrClN6O2/c1-12-20(25)14(3)31(27-12)11-19-16(5)33-29-22(19)23(32)26-21-13(2)28-30(15(21)4)10-17-6-8-18(24)9-7-17/h6-9H,10-11H2,1-5H3,(H,26,32). The van der Waals surface area contributed by atoms with Gasteiger partial charge in [0.25, 0.3) is 5.91 Å². The van der Waals surface area contributed by atoms with Gasteiger partial charge in [0, 0.05) is 10.0 Å². The zero-order valence-corrected chi connectivity index (χ0v) is 21.4. The molecule has 0 aliphatic carbocycles. The third-order valence-electron chi connectivity index (χ3n) is 5.67. The summed E-state index contributed by atoms with van der Waals surface area (Å²) in [6.07, 6.45) is 0. The molecule has 4 aromatic rings. The molecule has 0 aliphatic heterocycles. The summed E-state index contributed by atoms with van der Waals surface area (Å²) >= 11 is 9.73. The third-order valence-corrected chi connectivity index (χ3v) is 6.74. The van der Waals surface area contributed by atoms with E-state index >= 15 is 0 Å². The molecule has 0 atom stereocenters. The number of aromatic nitrogens is 5. The lowest BCUT2D eigenvalue weighted by Crippen LogP contribution is -2.17. The Balaban J connectivity index is 1.57. The van der Waals surface area contributed by atoms with Crippen molar-refractivity contribution in [2.24, 2.45) is 0 Å².